The van der Waals surface area contributed by atoms with E-state index in [9.17, 15) is 4.79 Å². The molecule has 1 unspecified atom stereocenters. The van der Waals surface area contributed by atoms with Gasteiger partial charge in [-0.3, -0.25) is 4.79 Å². The molecule has 2 N–H and O–H groups in total. The monoisotopic (exact) mass is 367 g/mol. The molecular weight excluding hydrogens is 337 g/mol. The number of carbonyl (C=O) groups is 1. The van der Waals surface area contributed by atoms with Crippen molar-refractivity contribution in [2.75, 3.05) is 39.3 Å². The Labute approximate surface area is 152 Å². The first-order valence-corrected chi connectivity index (χ1v) is 8.64. The Morgan fingerprint density at radius 2 is 1.83 bits per heavy atom. The van der Waals surface area contributed by atoms with Gasteiger partial charge in [0.05, 0.1) is 12.1 Å². The number of halogens is 2. The number of carbonyl (C=O) groups excluding carboxylic acids is 1. The molecule has 0 radical (unpaired) electrons. The van der Waals surface area contributed by atoms with Crippen molar-refractivity contribution in [3.05, 3.63) is 0 Å². The number of ether oxygens (including phenoxy) is 1. The van der Waals surface area contributed by atoms with E-state index in [1.807, 2.05) is 0 Å². The quantitative estimate of drug-likeness (QED) is 0.794. The predicted octanol–water partition coefficient (Wildman–Crippen LogP) is 1.73. The van der Waals surface area contributed by atoms with Crippen LogP contribution in [-0.2, 0) is 9.53 Å². The lowest BCUT2D eigenvalue weighted by atomic mass is 9.81. The summed E-state index contributed by atoms with van der Waals surface area (Å²) < 4.78 is 5.61. The van der Waals surface area contributed by atoms with Crippen molar-refractivity contribution in [3.63, 3.8) is 0 Å². The molecule has 136 valence electrons. The van der Waals surface area contributed by atoms with Crippen LogP contribution in [0.4, 0.5) is 0 Å². The van der Waals surface area contributed by atoms with Crippen LogP contribution in [0.15, 0.2) is 0 Å². The maximum Gasteiger partial charge on any atom is 0.250 e. The van der Waals surface area contributed by atoms with Crippen molar-refractivity contribution in [3.8, 4) is 0 Å². The average Bonchev–Trinajstić information content (AvgIpc) is 3.01. The molecule has 5 nitrogen and oxygen atoms in total. The highest BCUT2D eigenvalue weighted by Gasteiger charge is 2.37. The van der Waals surface area contributed by atoms with E-state index in [4.69, 9.17) is 4.74 Å². The molecule has 0 aromatic rings. The van der Waals surface area contributed by atoms with Gasteiger partial charge in [0.1, 0.15) is 6.10 Å². The third-order valence-electron chi connectivity index (χ3n) is 5.14. The lowest BCUT2D eigenvalue weighted by Gasteiger charge is -2.42. The van der Waals surface area contributed by atoms with Crippen LogP contribution in [-0.4, -0.2) is 61.8 Å². The van der Waals surface area contributed by atoms with Gasteiger partial charge in [0.25, 0.3) is 5.91 Å². The molecule has 1 atom stereocenters. The molecule has 0 bridgehead atoms. The molecule has 1 aliphatic carbocycles. The van der Waals surface area contributed by atoms with Crippen LogP contribution in [0.3, 0.4) is 0 Å². The Kier molecular flexibility index (Phi) is 9.16. The molecule has 2 saturated heterocycles. The van der Waals surface area contributed by atoms with Crippen molar-refractivity contribution >= 4 is 30.7 Å². The standard InChI is InChI=1S/C16H29N3O2.2ClH/c20-15(14-12-17-8-11-21-14)18-16(6-2-1-3-7-16)13-19-9-4-5-10-19;;/h14,17H,1-13H2,(H,18,20);2*1H. The van der Waals surface area contributed by atoms with Gasteiger partial charge in [-0.15, -0.1) is 24.8 Å². The number of nitrogens with zero attached hydrogens (tertiary/aromatic N) is 1. The first-order chi connectivity index (χ1) is 10.3. The van der Waals surface area contributed by atoms with Crippen LogP contribution >= 0.6 is 24.8 Å². The van der Waals surface area contributed by atoms with Gasteiger partial charge in [-0.25, -0.2) is 0 Å². The van der Waals surface area contributed by atoms with E-state index in [2.05, 4.69) is 15.5 Å². The minimum atomic E-state index is -0.309. The van der Waals surface area contributed by atoms with Gasteiger partial charge in [-0.05, 0) is 38.8 Å². The number of amides is 1. The summed E-state index contributed by atoms with van der Waals surface area (Å²) in [5, 5.41) is 6.63. The second-order valence-corrected chi connectivity index (χ2v) is 6.88. The van der Waals surface area contributed by atoms with E-state index in [0.29, 0.717) is 13.2 Å². The molecule has 7 heteroatoms. The van der Waals surface area contributed by atoms with Gasteiger partial charge >= 0.3 is 0 Å². The predicted molar refractivity (Wildman–Crippen MR) is 96.7 cm³/mol. The summed E-state index contributed by atoms with van der Waals surface area (Å²) in [6.07, 6.45) is 8.31. The minimum Gasteiger partial charge on any atom is -0.366 e. The fraction of sp³-hybridized carbons (Fsp3) is 0.938. The third kappa shape index (κ3) is 5.75. The van der Waals surface area contributed by atoms with E-state index in [-0.39, 0.29) is 42.4 Å². The molecule has 2 aliphatic heterocycles. The van der Waals surface area contributed by atoms with E-state index in [1.165, 1.54) is 45.2 Å². The van der Waals surface area contributed by atoms with Crippen molar-refractivity contribution in [2.24, 2.45) is 0 Å². The lowest BCUT2D eigenvalue weighted by molar-refractivity contribution is -0.137. The van der Waals surface area contributed by atoms with Gasteiger partial charge < -0.3 is 20.3 Å². The first kappa shape index (κ1) is 21.0. The van der Waals surface area contributed by atoms with E-state index >= 15 is 0 Å². The molecule has 3 rings (SSSR count). The lowest BCUT2D eigenvalue weighted by Crippen LogP contribution is -2.60. The molecule has 0 aromatic carbocycles. The number of rotatable bonds is 4. The molecule has 0 spiro atoms. The van der Waals surface area contributed by atoms with Crippen LogP contribution in [0.2, 0.25) is 0 Å². The highest BCUT2D eigenvalue weighted by molar-refractivity contribution is 5.85. The van der Waals surface area contributed by atoms with Crippen molar-refractivity contribution in [1.82, 2.24) is 15.5 Å². The molecule has 2 heterocycles. The fourth-order valence-corrected chi connectivity index (χ4v) is 4.00. The molecule has 3 aliphatic rings. The highest BCUT2D eigenvalue weighted by atomic mass is 35.5. The number of nitrogens with one attached hydrogen (secondary N) is 2. The Bertz CT molecular complexity index is 353. The van der Waals surface area contributed by atoms with Crippen LogP contribution in [0.1, 0.15) is 44.9 Å². The molecule has 0 aromatic heterocycles. The van der Waals surface area contributed by atoms with Gasteiger partial charge in [-0.2, -0.15) is 0 Å². The van der Waals surface area contributed by atoms with E-state index < -0.39 is 0 Å². The first-order valence-electron chi connectivity index (χ1n) is 8.64. The van der Waals surface area contributed by atoms with Crippen molar-refractivity contribution < 1.29 is 9.53 Å². The van der Waals surface area contributed by atoms with Crippen LogP contribution in [0, 0.1) is 0 Å². The summed E-state index contributed by atoms with van der Waals surface area (Å²) in [5.74, 6) is 0.0864. The molecular formula is C16H31Cl2N3O2. The summed E-state index contributed by atoms with van der Waals surface area (Å²) in [4.78, 5) is 15.1. The normalized spacial score (nSPS) is 27.6. The summed E-state index contributed by atoms with van der Waals surface area (Å²) in [7, 11) is 0. The molecule has 23 heavy (non-hydrogen) atoms. The van der Waals surface area contributed by atoms with Crippen LogP contribution < -0.4 is 10.6 Å². The maximum absolute atomic E-state index is 12.6. The van der Waals surface area contributed by atoms with Gasteiger partial charge in [-0.1, -0.05) is 19.3 Å². The zero-order valence-electron chi connectivity index (χ0n) is 13.8. The van der Waals surface area contributed by atoms with Gasteiger partial charge in [0, 0.05) is 19.6 Å². The van der Waals surface area contributed by atoms with Crippen LogP contribution in [0.25, 0.3) is 0 Å². The number of morpholine rings is 1. The SMILES string of the molecule is Cl.Cl.O=C(NC1(CN2CCCC2)CCCCC1)C1CNCCO1. The Morgan fingerprint density at radius 3 is 2.43 bits per heavy atom. The summed E-state index contributed by atoms with van der Waals surface area (Å²) >= 11 is 0. The number of hydrogen-bond donors (Lipinski definition) is 2. The highest BCUT2D eigenvalue weighted by Crippen LogP contribution is 2.30. The zero-order chi connectivity index (χ0) is 14.5. The minimum absolute atomic E-state index is 0. The van der Waals surface area contributed by atoms with Crippen molar-refractivity contribution in [1.29, 1.82) is 0 Å². The molecule has 3 fully saturated rings. The summed E-state index contributed by atoms with van der Waals surface area (Å²) in [6, 6.07) is 0. The Hall–Kier alpha value is -0.0700. The largest absolute Gasteiger partial charge is 0.366 e. The number of hydrogen-bond acceptors (Lipinski definition) is 4. The third-order valence-corrected chi connectivity index (χ3v) is 5.14. The van der Waals surface area contributed by atoms with E-state index in [0.717, 1.165) is 25.9 Å². The zero-order valence-corrected chi connectivity index (χ0v) is 15.5. The second kappa shape index (κ2) is 10.0. The molecule has 1 amide bonds. The second-order valence-electron chi connectivity index (χ2n) is 6.88. The Morgan fingerprint density at radius 1 is 1.13 bits per heavy atom. The summed E-state index contributed by atoms with van der Waals surface area (Å²) in [5.41, 5.74) is -0.0134. The van der Waals surface area contributed by atoms with Gasteiger partial charge in [0.15, 0.2) is 0 Å². The van der Waals surface area contributed by atoms with Crippen molar-refractivity contribution in [2.45, 2.75) is 56.6 Å². The van der Waals surface area contributed by atoms with Crippen LogP contribution in [0.5, 0.6) is 0 Å². The fourth-order valence-electron chi connectivity index (χ4n) is 4.00. The smallest absolute Gasteiger partial charge is 0.250 e. The maximum atomic E-state index is 12.6. The van der Waals surface area contributed by atoms with E-state index in [1.54, 1.807) is 0 Å². The summed E-state index contributed by atoms with van der Waals surface area (Å²) in [6.45, 7) is 5.54. The molecule has 1 saturated carbocycles. The van der Waals surface area contributed by atoms with Gasteiger partial charge in [0.2, 0.25) is 0 Å². The Balaban J connectivity index is 0.00000132. The topological polar surface area (TPSA) is 53.6 Å². The average molecular weight is 368 g/mol. The number of likely N-dealkylation sites (tertiary alicyclic amines) is 1.